The largest absolute Gasteiger partial charge is 0.441 e. The topological polar surface area (TPSA) is 104 Å². The molecule has 12 heteroatoms. The molecule has 0 aliphatic rings. The Morgan fingerprint density at radius 1 is 1.17 bits per heavy atom. The van der Waals surface area contributed by atoms with E-state index in [1.165, 1.54) is 0 Å². The summed E-state index contributed by atoms with van der Waals surface area (Å²) >= 11 is 0. The minimum Gasteiger partial charge on any atom is -0.441 e. The van der Waals surface area contributed by atoms with E-state index in [0.29, 0.717) is 0 Å². The molecule has 1 atom stereocenters. The number of carbonyl (C=O) groups excluding carboxylic acids is 1. The van der Waals surface area contributed by atoms with Crippen LogP contribution in [0.1, 0.15) is 15.9 Å². The van der Waals surface area contributed by atoms with Gasteiger partial charge in [-0.25, -0.2) is 4.79 Å². The summed E-state index contributed by atoms with van der Waals surface area (Å²) in [6.07, 6.45) is -10.4. The first-order valence-electron chi connectivity index (χ1n) is 5.43. The van der Waals surface area contributed by atoms with E-state index < -0.39 is 39.2 Å². The van der Waals surface area contributed by atoms with Gasteiger partial charge < -0.3 is 4.74 Å². The van der Waals surface area contributed by atoms with Gasteiger partial charge in [0, 0.05) is 0 Å². The number of carbonyl (C=O) groups is 1. The molecule has 0 heterocycles. The van der Waals surface area contributed by atoms with Crippen molar-refractivity contribution >= 4 is 16.1 Å². The lowest BCUT2D eigenvalue weighted by atomic mass is 10.1. The van der Waals surface area contributed by atoms with Gasteiger partial charge in [-0.15, -0.1) is 0 Å². The third kappa shape index (κ3) is 4.14. The maximum absolute atomic E-state index is 13.2. The van der Waals surface area contributed by atoms with Gasteiger partial charge in [0.15, 0.2) is 0 Å². The fourth-order valence-corrected chi connectivity index (χ4v) is 1.77. The summed E-state index contributed by atoms with van der Waals surface area (Å²) in [5.41, 5.74) is -0.610. The molecular formula is C11H6F5NO5S. The van der Waals surface area contributed by atoms with Gasteiger partial charge in [-0.1, -0.05) is 0 Å². The van der Waals surface area contributed by atoms with Gasteiger partial charge in [-0.2, -0.15) is 35.6 Å². The average Bonchev–Trinajstić information content (AvgIpc) is 2.41. The van der Waals surface area contributed by atoms with Crippen LogP contribution in [0.25, 0.3) is 0 Å². The van der Waals surface area contributed by atoms with E-state index in [9.17, 15) is 35.2 Å². The lowest BCUT2D eigenvalue weighted by Crippen LogP contribution is -2.52. The lowest BCUT2D eigenvalue weighted by molar-refractivity contribution is -0.248. The van der Waals surface area contributed by atoms with E-state index in [1.807, 2.05) is 0 Å². The van der Waals surface area contributed by atoms with Gasteiger partial charge >= 0.3 is 27.5 Å². The Labute approximate surface area is 125 Å². The number of nitrogens with zero attached hydrogens (tertiary/aromatic N) is 1. The molecule has 1 unspecified atom stereocenters. The first-order chi connectivity index (χ1) is 10.3. The molecule has 1 N–H and O–H groups in total. The fourth-order valence-electron chi connectivity index (χ4n) is 1.32. The standard InChI is InChI=1S/C11H6F5NO5S/c12-10(13,14)9(11(15,16)23(19,20)21)22-8(18)7-3-1-6(5-17)2-4-7/h1-4,9H,(H,19,20,21). The Kier molecular flexibility index (Phi) is 4.97. The highest BCUT2D eigenvalue weighted by Crippen LogP contribution is 2.38. The van der Waals surface area contributed by atoms with Gasteiger partial charge in [-0.05, 0) is 24.3 Å². The van der Waals surface area contributed by atoms with E-state index in [1.54, 1.807) is 6.07 Å². The van der Waals surface area contributed by atoms with Crippen molar-refractivity contribution in [2.75, 3.05) is 0 Å². The molecule has 126 valence electrons. The van der Waals surface area contributed by atoms with E-state index in [2.05, 4.69) is 4.74 Å². The number of esters is 1. The maximum Gasteiger partial charge on any atom is 0.432 e. The second-order valence-electron chi connectivity index (χ2n) is 4.05. The van der Waals surface area contributed by atoms with E-state index >= 15 is 0 Å². The van der Waals surface area contributed by atoms with Crippen LogP contribution in [0.4, 0.5) is 22.0 Å². The second kappa shape index (κ2) is 6.09. The van der Waals surface area contributed by atoms with E-state index in [-0.39, 0.29) is 5.56 Å². The quantitative estimate of drug-likeness (QED) is 0.502. The molecule has 0 saturated carbocycles. The Bertz CT molecular complexity index is 736. The molecule has 0 spiro atoms. The first-order valence-corrected chi connectivity index (χ1v) is 6.87. The first kappa shape index (κ1) is 18.8. The zero-order valence-corrected chi connectivity index (χ0v) is 11.5. The molecule has 0 saturated heterocycles. The van der Waals surface area contributed by atoms with Crippen LogP contribution in [0.2, 0.25) is 0 Å². The third-order valence-electron chi connectivity index (χ3n) is 2.42. The summed E-state index contributed by atoms with van der Waals surface area (Å²) in [7, 11) is -6.50. The van der Waals surface area contributed by atoms with Crippen LogP contribution in [0.3, 0.4) is 0 Å². The second-order valence-corrected chi connectivity index (χ2v) is 5.55. The highest BCUT2D eigenvalue weighted by Gasteiger charge is 2.66. The minimum atomic E-state index is -6.50. The molecular weight excluding hydrogens is 353 g/mol. The van der Waals surface area contributed by atoms with Crippen molar-refractivity contribution < 1.29 is 44.5 Å². The van der Waals surface area contributed by atoms with Gasteiger partial charge in [0.05, 0.1) is 17.2 Å². The van der Waals surface area contributed by atoms with Crippen LogP contribution in [0.15, 0.2) is 24.3 Å². The Morgan fingerprint density at radius 2 is 1.65 bits per heavy atom. The molecule has 0 radical (unpaired) electrons. The Morgan fingerprint density at radius 3 is 2.00 bits per heavy atom. The van der Waals surface area contributed by atoms with Crippen molar-refractivity contribution in [2.45, 2.75) is 17.5 Å². The molecule has 0 amide bonds. The van der Waals surface area contributed by atoms with Crippen LogP contribution in [-0.2, 0) is 14.9 Å². The molecule has 1 aromatic rings. The highest BCUT2D eigenvalue weighted by molar-refractivity contribution is 7.86. The molecule has 6 nitrogen and oxygen atoms in total. The highest BCUT2D eigenvalue weighted by atomic mass is 32.2. The molecule has 0 aromatic heterocycles. The summed E-state index contributed by atoms with van der Waals surface area (Å²) in [6.45, 7) is 0. The molecule has 0 aliphatic heterocycles. The van der Waals surface area contributed by atoms with Crippen molar-refractivity contribution in [3.8, 4) is 6.07 Å². The van der Waals surface area contributed by atoms with Gasteiger partial charge in [0.2, 0.25) is 0 Å². The van der Waals surface area contributed by atoms with Gasteiger partial charge in [-0.3, -0.25) is 4.55 Å². The monoisotopic (exact) mass is 359 g/mol. The maximum atomic E-state index is 13.2. The molecule has 1 aromatic carbocycles. The molecule has 1 rings (SSSR count). The number of nitriles is 1. The summed E-state index contributed by atoms with van der Waals surface area (Å²) in [6, 6.07) is 5.28. The fraction of sp³-hybridized carbons (Fsp3) is 0.273. The third-order valence-corrected chi connectivity index (χ3v) is 3.32. The predicted octanol–water partition coefficient (Wildman–Crippen LogP) is 2.13. The molecule has 0 bridgehead atoms. The van der Waals surface area contributed by atoms with Crippen LogP contribution in [-0.4, -0.2) is 36.5 Å². The van der Waals surface area contributed by atoms with Crippen LogP contribution < -0.4 is 0 Å². The number of alkyl halides is 5. The van der Waals surface area contributed by atoms with Crippen molar-refractivity contribution in [3.63, 3.8) is 0 Å². The van der Waals surface area contributed by atoms with E-state index in [0.717, 1.165) is 24.3 Å². The number of halogens is 5. The molecule has 23 heavy (non-hydrogen) atoms. The van der Waals surface area contributed by atoms with Crippen LogP contribution in [0, 0.1) is 11.3 Å². The van der Waals surface area contributed by atoms with E-state index in [4.69, 9.17) is 9.81 Å². The molecule has 0 aliphatic carbocycles. The number of ether oxygens (including phenoxy) is 1. The van der Waals surface area contributed by atoms with Crippen molar-refractivity contribution in [2.24, 2.45) is 0 Å². The Balaban J connectivity index is 3.17. The summed E-state index contributed by atoms with van der Waals surface area (Å²) < 4.78 is 96.7. The van der Waals surface area contributed by atoms with Crippen LogP contribution in [0.5, 0.6) is 0 Å². The number of benzene rings is 1. The van der Waals surface area contributed by atoms with Crippen LogP contribution >= 0.6 is 0 Å². The number of hydrogen-bond acceptors (Lipinski definition) is 5. The number of rotatable bonds is 4. The van der Waals surface area contributed by atoms with Gasteiger partial charge in [0.1, 0.15) is 0 Å². The zero-order chi connectivity index (χ0) is 18.1. The summed E-state index contributed by atoms with van der Waals surface area (Å²) in [5.74, 6) is -1.92. The SMILES string of the molecule is N#Cc1ccc(C(=O)OC(C(F)(F)F)C(F)(F)S(=O)(=O)O)cc1. The van der Waals surface area contributed by atoms with Crippen molar-refractivity contribution in [1.29, 1.82) is 5.26 Å². The normalized spacial score (nSPS) is 14.0. The number of hydrogen-bond donors (Lipinski definition) is 1. The molecule has 0 fully saturated rings. The zero-order valence-electron chi connectivity index (χ0n) is 10.7. The minimum absolute atomic E-state index is 0.0252. The smallest absolute Gasteiger partial charge is 0.432 e. The van der Waals surface area contributed by atoms with Gasteiger partial charge in [0.25, 0.3) is 6.10 Å². The summed E-state index contributed by atoms with van der Waals surface area (Å²) in [5, 5.41) is 2.71. The van der Waals surface area contributed by atoms with Crippen molar-refractivity contribution in [3.05, 3.63) is 35.4 Å². The van der Waals surface area contributed by atoms with Crippen molar-refractivity contribution in [1.82, 2.24) is 0 Å². The predicted molar refractivity (Wildman–Crippen MR) is 62.9 cm³/mol. The average molecular weight is 359 g/mol. The Hall–Kier alpha value is -2.26. The summed E-state index contributed by atoms with van der Waals surface area (Å²) in [4.78, 5) is 11.5. The lowest BCUT2D eigenvalue weighted by Gasteiger charge is -2.26.